The molecule has 0 amide bonds. The Kier molecular flexibility index (Phi) is 14.1. The van der Waals surface area contributed by atoms with Gasteiger partial charge in [0.2, 0.25) is 12.0 Å². The van der Waals surface area contributed by atoms with Crippen molar-refractivity contribution >= 4 is 54.6 Å². The van der Waals surface area contributed by atoms with Crippen LogP contribution in [-0.2, 0) is 32.4 Å². The van der Waals surface area contributed by atoms with Crippen LogP contribution in [0.1, 0.15) is 36.6 Å². The molecule has 3 aromatic heterocycles. The van der Waals surface area contributed by atoms with Gasteiger partial charge in [0.05, 0.1) is 38.5 Å². The third kappa shape index (κ3) is 10.5. The van der Waals surface area contributed by atoms with Crippen LogP contribution in [-0.4, -0.2) is 114 Å². The molecule has 1 atom stereocenters. The number of fused-ring (bicyclic) bond motifs is 1. The Morgan fingerprint density at radius 3 is 2.54 bits per heavy atom. The van der Waals surface area contributed by atoms with Crippen molar-refractivity contribution in [2.24, 2.45) is 0 Å². The second-order valence-corrected chi connectivity index (χ2v) is 19.1. The van der Waals surface area contributed by atoms with Crippen LogP contribution in [0.25, 0.3) is 38.3 Å². The van der Waals surface area contributed by atoms with Crippen LogP contribution >= 0.6 is 23.1 Å². The molecule has 2 aliphatic rings. The molecule has 0 spiro atoms. The topological polar surface area (TPSA) is 166 Å². The summed E-state index contributed by atoms with van der Waals surface area (Å²) in [6, 6.07) is 23.0. The fraction of sp³-hybridized carbons (Fsp3) is 0.312. The van der Waals surface area contributed by atoms with E-state index in [1.807, 2.05) is 31.2 Å². The number of para-hydroxylation sites is 1. The summed E-state index contributed by atoms with van der Waals surface area (Å²) in [7, 11) is 0.206. The van der Waals surface area contributed by atoms with E-state index < -0.39 is 21.9 Å². The number of sulfone groups is 1. The first kappa shape index (κ1) is 45.7. The predicted molar refractivity (Wildman–Crippen MR) is 251 cm³/mol. The zero-order chi connectivity index (χ0) is 45.7. The number of piperazine rings is 1. The number of hydrogen-bond donors (Lipinski definition) is 1. The maximum Gasteiger partial charge on any atom is 0.345 e. The molecule has 17 heteroatoms. The number of rotatable bonds is 17. The maximum absolute atomic E-state index is 13.1. The lowest BCUT2D eigenvalue weighted by molar-refractivity contribution is -0.145. The molecule has 4 heterocycles. The number of benzene rings is 3. The van der Waals surface area contributed by atoms with Crippen molar-refractivity contribution in [3.8, 4) is 40.0 Å². The van der Waals surface area contributed by atoms with Crippen LogP contribution < -0.4 is 14.2 Å². The number of carboxylic acid groups (broad SMARTS) is 1. The first-order chi connectivity index (χ1) is 31.4. The summed E-state index contributed by atoms with van der Waals surface area (Å²) in [5.74, 6) is 1.04. The first-order valence-corrected chi connectivity index (χ1v) is 24.2. The second-order valence-electron chi connectivity index (χ2n) is 16.0. The molecule has 14 nitrogen and oxygen atoms in total. The van der Waals surface area contributed by atoms with Crippen LogP contribution in [0.5, 0.6) is 17.4 Å². The summed E-state index contributed by atoms with van der Waals surface area (Å²) in [5.41, 5.74) is 5.42. The van der Waals surface area contributed by atoms with Crippen molar-refractivity contribution in [1.82, 2.24) is 29.1 Å². The fourth-order valence-electron chi connectivity index (χ4n) is 8.03. The molecule has 1 fully saturated rings. The van der Waals surface area contributed by atoms with Crippen LogP contribution in [0, 0.1) is 0 Å². The molecule has 0 bridgehead atoms. The molecule has 6 aromatic rings. The molecule has 1 aliphatic heterocycles. The Hall–Kier alpha value is -5.91. The summed E-state index contributed by atoms with van der Waals surface area (Å²) in [4.78, 5) is 31.8. The maximum atomic E-state index is 13.1. The number of ether oxygens (including phenoxy) is 4. The van der Waals surface area contributed by atoms with E-state index in [-0.39, 0.29) is 29.6 Å². The highest BCUT2D eigenvalue weighted by Gasteiger charge is 2.30. The lowest BCUT2D eigenvalue weighted by atomic mass is 9.87. The van der Waals surface area contributed by atoms with Crippen molar-refractivity contribution in [2.45, 2.75) is 43.8 Å². The Bertz CT molecular complexity index is 2900. The number of methoxy groups -OCH3 is 1. The van der Waals surface area contributed by atoms with Gasteiger partial charge in [-0.1, -0.05) is 54.1 Å². The van der Waals surface area contributed by atoms with Crippen LogP contribution in [0.15, 0.2) is 113 Å². The summed E-state index contributed by atoms with van der Waals surface area (Å²) >= 11 is 8.33. The second kappa shape index (κ2) is 20.1. The van der Waals surface area contributed by atoms with Crippen LogP contribution in [0.2, 0.25) is 0 Å². The molecule has 338 valence electrons. The van der Waals surface area contributed by atoms with Gasteiger partial charge in [0.15, 0.2) is 15.7 Å². The van der Waals surface area contributed by atoms with Crippen molar-refractivity contribution in [2.75, 3.05) is 59.7 Å². The normalized spacial score (nSPS) is 15.6. The Morgan fingerprint density at radius 2 is 1.75 bits per heavy atom. The van der Waals surface area contributed by atoms with Gasteiger partial charge in [-0.05, 0) is 85.0 Å². The Morgan fingerprint density at radius 1 is 0.969 bits per heavy atom. The van der Waals surface area contributed by atoms with E-state index >= 15 is 0 Å². The van der Waals surface area contributed by atoms with E-state index in [1.165, 1.54) is 17.6 Å². The van der Waals surface area contributed by atoms with E-state index in [0.29, 0.717) is 68.6 Å². The fourth-order valence-corrected chi connectivity index (χ4v) is 9.87. The number of halogens is 1. The molecule has 0 radical (unpaired) electrons. The number of carboxylic acids is 1. The molecule has 0 saturated carbocycles. The zero-order valence-corrected chi connectivity index (χ0v) is 38.9. The molecule has 1 saturated heterocycles. The monoisotopic (exact) mass is 936 g/mol. The number of aliphatic carboxylic acids is 1. The largest absolute Gasteiger partial charge is 0.497 e. The smallest absolute Gasteiger partial charge is 0.345 e. The number of allylic oxidation sites excluding steroid dienone is 4. The van der Waals surface area contributed by atoms with Gasteiger partial charge in [-0.15, -0.1) is 0 Å². The number of carbonyl (C=O) groups is 1. The Labute approximate surface area is 387 Å². The van der Waals surface area contributed by atoms with Gasteiger partial charge in [-0.2, -0.15) is 4.37 Å². The van der Waals surface area contributed by atoms with Crippen molar-refractivity contribution in [3.05, 3.63) is 124 Å². The number of pyridine rings is 1. The van der Waals surface area contributed by atoms with Crippen molar-refractivity contribution in [1.29, 1.82) is 0 Å². The predicted octanol–water partition coefficient (Wildman–Crippen LogP) is 8.16. The van der Waals surface area contributed by atoms with Crippen LogP contribution in [0.3, 0.4) is 0 Å². The number of hydrogen-bond acceptors (Lipinski definition) is 14. The highest BCUT2D eigenvalue weighted by molar-refractivity contribution is 7.90. The molecule has 1 N–H and O–H groups in total. The summed E-state index contributed by atoms with van der Waals surface area (Å²) in [6.07, 6.45) is 4.14. The quantitative estimate of drug-likeness (QED) is 0.0931. The van der Waals surface area contributed by atoms with Gasteiger partial charge in [0, 0.05) is 80.9 Å². The standard InChI is InChI=1S/C48H49ClN6O8S2/c1-30-35(16-17-38(44(30)49)61-25-24-55-22-20-54(2)21-23-55)42-43-40(28-51-45(42)32-11-9-12-34(26-32)60-3)64-53-47(43)63-39(48(56)57)27-31-10-5-7-14-37(31)62-29-33-18-19-50-46(52-33)36-13-6-8-15-41(36)65(4,58)59/h5-15,18-19,26,28,39H,16-17,20-25,27,29H2,1-4H3,(H,56,57)/t39-/m1/s1. The highest BCUT2D eigenvalue weighted by Crippen LogP contribution is 2.47. The molecule has 65 heavy (non-hydrogen) atoms. The third-order valence-electron chi connectivity index (χ3n) is 11.6. The number of likely N-dealkylation sites (N-methyl/N-ethyl adjacent to an activating group) is 1. The van der Waals surface area contributed by atoms with E-state index in [0.717, 1.165) is 67.0 Å². The summed E-state index contributed by atoms with van der Waals surface area (Å²) in [6.45, 7) is 7.39. The third-order valence-corrected chi connectivity index (χ3v) is 14.0. The minimum absolute atomic E-state index is 0.000779. The minimum atomic E-state index is -3.54. The minimum Gasteiger partial charge on any atom is -0.497 e. The number of aromatic nitrogens is 4. The summed E-state index contributed by atoms with van der Waals surface area (Å²) < 4.78 is 55.0. The average molecular weight is 938 g/mol. The number of nitrogens with zero attached hydrogens (tertiary/aromatic N) is 6. The van der Waals surface area contributed by atoms with E-state index in [4.69, 9.17) is 39.9 Å². The van der Waals surface area contributed by atoms with Gasteiger partial charge in [0.1, 0.15) is 30.5 Å². The molecule has 0 unspecified atom stereocenters. The molecule has 8 rings (SSSR count). The van der Waals surface area contributed by atoms with Crippen molar-refractivity contribution < 1.29 is 37.3 Å². The van der Waals surface area contributed by atoms with E-state index in [1.54, 1.807) is 68.0 Å². The molecular weight excluding hydrogens is 888 g/mol. The highest BCUT2D eigenvalue weighted by atomic mass is 35.5. The van der Waals surface area contributed by atoms with Crippen LogP contribution in [0.4, 0.5) is 0 Å². The Balaban J connectivity index is 1.09. The SMILES string of the molecule is COc1cccc(-c2ncc3snc(O[C@H](Cc4ccccc4OCc4ccnc(-c5ccccc5S(C)(=O)=O)n4)C(=O)O)c3c2C2=C(C)C(Cl)=C(OCCN3CCN(C)CC3)CC2)c1. The molecular formula is C48H49ClN6O8S2. The van der Waals surface area contributed by atoms with Crippen molar-refractivity contribution in [3.63, 3.8) is 0 Å². The van der Waals surface area contributed by atoms with Gasteiger partial charge >= 0.3 is 5.97 Å². The van der Waals surface area contributed by atoms with E-state index in [9.17, 15) is 18.3 Å². The lowest BCUT2D eigenvalue weighted by Crippen LogP contribution is -2.45. The average Bonchev–Trinajstić information content (AvgIpc) is 3.72. The zero-order valence-electron chi connectivity index (χ0n) is 36.5. The first-order valence-electron chi connectivity index (χ1n) is 21.1. The van der Waals surface area contributed by atoms with E-state index in [2.05, 4.69) is 26.8 Å². The molecule has 3 aromatic carbocycles. The van der Waals surface area contributed by atoms with Gasteiger partial charge in [-0.25, -0.2) is 23.2 Å². The summed E-state index contributed by atoms with van der Waals surface area (Å²) in [5, 5.41) is 11.9. The lowest BCUT2D eigenvalue weighted by Gasteiger charge is -2.32. The molecule has 1 aliphatic carbocycles. The van der Waals surface area contributed by atoms with Gasteiger partial charge in [0.25, 0.3) is 0 Å². The van der Waals surface area contributed by atoms with Gasteiger partial charge in [-0.3, -0.25) is 9.88 Å². The van der Waals surface area contributed by atoms with Gasteiger partial charge < -0.3 is 29.0 Å².